The molecule has 1 aliphatic heterocycles. The van der Waals surface area contributed by atoms with Crippen molar-refractivity contribution in [2.75, 3.05) is 23.8 Å². The average molecular weight is 413 g/mol. The molecule has 1 heterocycles. The van der Waals surface area contributed by atoms with Crippen molar-refractivity contribution in [3.8, 4) is 5.75 Å². The van der Waals surface area contributed by atoms with E-state index in [0.29, 0.717) is 17.1 Å². The second-order valence-electron chi connectivity index (χ2n) is 7.98. The summed E-state index contributed by atoms with van der Waals surface area (Å²) in [6.45, 7) is 8.84. The highest BCUT2D eigenvalue weighted by molar-refractivity contribution is 6.34. The van der Waals surface area contributed by atoms with Gasteiger partial charge in [-0.1, -0.05) is 11.6 Å². The molecule has 0 unspecified atom stereocenters. The lowest BCUT2D eigenvalue weighted by Crippen LogP contribution is -2.53. The Bertz CT molecular complexity index is 789. The van der Waals surface area contributed by atoms with E-state index in [1.165, 1.54) is 12.1 Å². The normalized spacial score (nSPS) is 13.6. The van der Waals surface area contributed by atoms with E-state index in [-0.39, 0.29) is 24.1 Å². The Hall–Kier alpha value is -2.68. The van der Waals surface area contributed by atoms with Gasteiger partial charge in [0.1, 0.15) is 11.4 Å². The molecule has 9 nitrogen and oxygen atoms in total. The summed E-state index contributed by atoms with van der Waals surface area (Å²) >= 11 is 6.17. The highest BCUT2D eigenvalue weighted by Gasteiger charge is 2.24. The molecule has 0 fully saturated rings. The van der Waals surface area contributed by atoms with Crippen LogP contribution in [0.1, 0.15) is 34.6 Å². The minimum atomic E-state index is -0.758. The summed E-state index contributed by atoms with van der Waals surface area (Å²) in [6, 6.07) is 2.51. The first-order chi connectivity index (χ1) is 12.8. The number of urea groups is 1. The monoisotopic (exact) mass is 412 g/mol. The number of alkyl carbamates (subject to hydrolysis) is 1. The Morgan fingerprint density at radius 1 is 1.25 bits per heavy atom. The molecule has 0 bridgehead atoms. The van der Waals surface area contributed by atoms with Gasteiger partial charge in [-0.05, 0) is 40.7 Å². The van der Waals surface area contributed by atoms with Crippen LogP contribution in [0, 0.1) is 0 Å². The molecule has 0 radical (unpaired) electrons. The molecule has 0 saturated carbocycles. The fraction of sp³-hybridized carbons (Fsp3) is 0.500. The van der Waals surface area contributed by atoms with Crippen LogP contribution in [0.3, 0.4) is 0 Å². The molecule has 1 aliphatic rings. The summed E-state index contributed by atoms with van der Waals surface area (Å²) in [5, 5.41) is 10.9. The number of benzene rings is 1. The maximum atomic E-state index is 12.3. The van der Waals surface area contributed by atoms with E-state index < -0.39 is 23.3 Å². The van der Waals surface area contributed by atoms with Crippen molar-refractivity contribution in [1.29, 1.82) is 0 Å². The van der Waals surface area contributed by atoms with E-state index in [2.05, 4.69) is 21.3 Å². The summed E-state index contributed by atoms with van der Waals surface area (Å²) in [5.41, 5.74) is -0.602. The minimum Gasteiger partial charge on any atom is -0.482 e. The molecule has 2 rings (SSSR count). The summed E-state index contributed by atoms with van der Waals surface area (Å²) in [4.78, 5) is 35.4. The zero-order valence-electron chi connectivity index (χ0n) is 16.5. The largest absolute Gasteiger partial charge is 0.482 e. The third-order valence-electron chi connectivity index (χ3n) is 3.48. The Morgan fingerprint density at radius 2 is 1.93 bits per heavy atom. The van der Waals surface area contributed by atoms with Crippen molar-refractivity contribution in [1.82, 2.24) is 10.6 Å². The number of carbonyl (C=O) groups excluding carboxylic acids is 3. The van der Waals surface area contributed by atoms with E-state index in [4.69, 9.17) is 21.1 Å². The minimum absolute atomic E-state index is 0.108. The van der Waals surface area contributed by atoms with Crippen molar-refractivity contribution in [2.45, 2.75) is 45.8 Å². The quantitative estimate of drug-likeness (QED) is 0.606. The molecule has 0 aliphatic carbocycles. The third-order valence-corrected chi connectivity index (χ3v) is 3.79. The van der Waals surface area contributed by atoms with Crippen LogP contribution in [-0.4, -0.2) is 42.3 Å². The van der Waals surface area contributed by atoms with Crippen molar-refractivity contribution in [3.63, 3.8) is 0 Å². The Kier molecular flexibility index (Phi) is 6.28. The number of rotatable bonds is 4. The first-order valence-corrected chi connectivity index (χ1v) is 9.05. The average Bonchev–Trinajstić information content (AvgIpc) is 2.52. The van der Waals surface area contributed by atoms with Crippen LogP contribution >= 0.6 is 11.6 Å². The topological polar surface area (TPSA) is 118 Å². The second-order valence-corrected chi connectivity index (χ2v) is 8.39. The molecule has 0 aromatic heterocycles. The van der Waals surface area contributed by atoms with Gasteiger partial charge in [-0.3, -0.25) is 4.79 Å². The van der Waals surface area contributed by atoms with Crippen LogP contribution in [0.15, 0.2) is 12.1 Å². The molecule has 28 heavy (non-hydrogen) atoms. The summed E-state index contributed by atoms with van der Waals surface area (Å²) in [5.74, 6) is 0.131. The lowest BCUT2D eigenvalue weighted by molar-refractivity contribution is -0.118. The van der Waals surface area contributed by atoms with Crippen LogP contribution in [0.2, 0.25) is 5.02 Å². The second kappa shape index (κ2) is 8.14. The Balaban J connectivity index is 1.94. The summed E-state index contributed by atoms with van der Waals surface area (Å²) < 4.78 is 10.5. The van der Waals surface area contributed by atoms with Crippen LogP contribution in [0.5, 0.6) is 5.75 Å². The lowest BCUT2D eigenvalue weighted by atomic mass is 10.1. The van der Waals surface area contributed by atoms with E-state index in [1.807, 2.05) is 0 Å². The van der Waals surface area contributed by atoms with Gasteiger partial charge in [-0.15, -0.1) is 0 Å². The molecular weight excluding hydrogens is 388 g/mol. The summed E-state index contributed by atoms with van der Waals surface area (Å²) in [6.07, 6.45) is -0.570. The Morgan fingerprint density at radius 3 is 2.57 bits per heavy atom. The molecule has 0 spiro atoms. The fourth-order valence-corrected chi connectivity index (χ4v) is 2.52. The first kappa shape index (κ1) is 21.6. The number of fused-ring (bicyclic) bond motifs is 1. The van der Waals surface area contributed by atoms with Gasteiger partial charge in [0.2, 0.25) is 0 Å². The standard InChI is InChI=1S/C18H25ClN4O5/c1-17(2,3)28-16(26)20-9-18(4,5)23-15(25)22-11-7-13-12(6-10(11)19)21-14(24)8-27-13/h6-7H,8-9H2,1-5H3,(H,20,26)(H,21,24)(H2,22,23,25). The molecule has 0 saturated heterocycles. The van der Waals surface area contributed by atoms with Crippen molar-refractivity contribution in [2.24, 2.45) is 0 Å². The maximum Gasteiger partial charge on any atom is 0.407 e. The van der Waals surface area contributed by atoms with Gasteiger partial charge in [0.05, 0.1) is 21.9 Å². The predicted octanol–water partition coefficient (Wildman–Crippen LogP) is 3.10. The zero-order chi connectivity index (χ0) is 21.1. The van der Waals surface area contributed by atoms with Crippen LogP contribution in [-0.2, 0) is 9.53 Å². The van der Waals surface area contributed by atoms with Crippen LogP contribution in [0.4, 0.5) is 21.0 Å². The van der Waals surface area contributed by atoms with E-state index in [9.17, 15) is 14.4 Å². The molecule has 10 heteroatoms. The molecule has 1 aromatic rings. The predicted molar refractivity (Wildman–Crippen MR) is 106 cm³/mol. The van der Waals surface area contributed by atoms with Gasteiger partial charge in [0.25, 0.3) is 5.91 Å². The van der Waals surface area contributed by atoms with Gasteiger partial charge >= 0.3 is 12.1 Å². The van der Waals surface area contributed by atoms with E-state index >= 15 is 0 Å². The first-order valence-electron chi connectivity index (χ1n) is 8.67. The van der Waals surface area contributed by atoms with Crippen molar-refractivity contribution >= 4 is 41.0 Å². The number of carbonyl (C=O) groups is 3. The SMILES string of the molecule is CC(C)(CNC(=O)OC(C)(C)C)NC(=O)Nc1cc2c(cc1Cl)NC(=O)CO2. The van der Waals surface area contributed by atoms with Gasteiger partial charge in [0, 0.05) is 12.6 Å². The van der Waals surface area contributed by atoms with Crippen molar-refractivity contribution < 1.29 is 23.9 Å². The molecular formula is C18H25ClN4O5. The van der Waals surface area contributed by atoms with Crippen molar-refractivity contribution in [3.05, 3.63) is 17.2 Å². The van der Waals surface area contributed by atoms with E-state index in [0.717, 1.165) is 0 Å². The lowest BCUT2D eigenvalue weighted by Gasteiger charge is -2.28. The third kappa shape index (κ3) is 6.49. The fourth-order valence-electron chi connectivity index (χ4n) is 2.31. The highest BCUT2D eigenvalue weighted by Crippen LogP contribution is 2.36. The maximum absolute atomic E-state index is 12.3. The molecule has 0 atom stereocenters. The zero-order valence-corrected chi connectivity index (χ0v) is 17.2. The molecule has 4 amide bonds. The van der Waals surface area contributed by atoms with Crippen LogP contribution in [0.25, 0.3) is 0 Å². The molecule has 154 valence electrons. The Labute approximate surface area is 168 Å². The van der Waals surface area contributed by atoms with E-state index in [1.54, 1.807) is 34.6 Å². The van der Waals surface area contributed by atoms with Crippen LogP contribution < -0.4 is 26.0 Å². The molecule has 1 aromatic carbocycles. The number of nitrogens with one attached hydrogen (secondary N) is 4. The number of anilines is 2. The number of halogens is 1. The van der Waals surface area contributed by atoms with Gasteiger partial charge in [-0.25, -0.2) is 9.59 Å². The highest BCUT2D eigenvalue weighted by atomic mass is 35.5. The number of ether oxygens (including phenoxy) is 2. The number of amides is 4. The smallest absolute Gasteiger partial charge is 0.407 e. The number of hydrogen-bond donors (Lipinski definition) is 4. The van der Waals surface area contributed by atoms with Gasteiger partial charge < -0.3 is 30.7 Å². The van der Waals surface area contributed by atoms with Gasteiger partial charge in [0.15, 0.2) is 6.61 Å². The number of hydrogen-bond acceptors (Lipinski definition) is 5. The summed E-state index contributed by atoms with van der Waals surface area (Å²) in [7, 11) is 0. The van der Waals surface area contributed by atoms with Gasteiger partial charge in [-0.2, -0.15) is 0 Å². The molecule has 4 N–H and O–H groups in total.